The van der Waals surface area contributed by atoms with Crippen LogP contribution < -0.4 is 31.1 Å². The number of rotatable bonds is 2. The van der Waals surface area contributed by atoms with Gasteiger partial charge in [0.05, 0.1) is 11.1 Å². The molecule has 6 aromatic carbocycles. The van der Waals surface area contributed by atoms with Crippen LogP contribution in [0, 0.1) is 13.8 Å². The first-order valence-corrected chi connectivity index (χ1v) is 21.2. The van der Waals surface area contributed by atoms with Crippen LogP contribution in [0.25, 0.3) is 0 Å². The first-order valence-electron chi connectivity index (χ1n) is 21.2. The minimum atomic E-state index is -0.281. The van der Waals surface area contributed by atoms with Crippen LogP contribution in [0.2, 0.25) is 0 Å². The van der Waals surface area contributed by atoms with Crippen molar-refractivity contribution < 1.29 is 0 Å². The fourth-order valence-corrected chi connectivity index (χ4v) is 13.2. The van der Waals surface area contributed by atoms with Gasteiger partial charge in [0.1, 0.15) is 0 Å². The summed E-state index contributed by atoms with van der Waals surface area (Å²) in [4.78, 5) is 8.28. The Hall–Kier alpha value is -5.22. The lowest BCUT2D eigenvalue weighted by molar-refractivity contribution is 0.195. The molecule has 56 heavy (non-hydrogen) atoms. The van der Waals surface area contributed by atoms with E-state index in [-0.39, 0.29) is 28.6 Å². The average molecular weight is 728 g/mol. The molecule has 0 amide bonds. The summed E-state index contributed by atoms with van der Waals surface area (Å²) in [5.74, 6) is 0. The van der Waals surface area contributed by atoms with E-state index in [4.69, 9.17) is 0 Å². The van der Waals surface area contributed by atoms with Crippen molar-refractivity contribution in [3.8, 4) is 0 Å². The number of fused-ring (bicyclic) bond motifs is 12. The van der Waals surface area contributed by atoms with Gasteiger partial charge >= 0.3 is 0 Å². The predicted molar refractivity (Wildman–Crippen MR) is 236 cm³/mol. The molecule has 276 valence electrons. The molecular weight excluding hydrogens is 677 g/mol. The number of hydrogen-bond acceptors (Lipinski definition) is 3. The third kappa shape index (κ3) is 3.73. The average Bonchev–Trinajstić information content (AvgIpc) is 3.56. The molecule has 0 saturated heterocycles. The largest absolute Gasteiger partial charge is 0.335 e. The second-order valence-corrected chi connectivity index (χ2v) is 18.9. The van der Waals surface area contributed by atoms with Gasteiger partial charge in [-0.15, -0.1) is 0 Å². The Morgan fingerprint density at radius 1 is 0.518 bits per heavy atom. The van der Waals surface area contributed by atoms with E-state index >= 15 is 0 Å². The van der Waals surface area contributed by atoms with Gasteiger partial charge in [0.2, 0.25) is 0 Å². The Labute approximate surface area is 333 Å². The van der Waals surface area contributed by atoms with Crippen LogP contribution >= 0.6 is 0 Å². The molecule has 0 bridgehead atoms. The highest BCUT2D eigenvalue weighted by molar-refractivity contribution is 7.00. The molecule has 4 aliphatic heterocycles. The lowest BCUT2D eigenvalue weighted by Gasteiger charge is -2.54. The highest BCUT2D eigenvalue weighted by atomic mass is 15.3. The summed E-state index contributed by atoms with van der Waals surface area (Å²) in [6, 6.07) is 47.7. The van der Waals surface area contributed by atoms with Crippen LogP contribution in [-0.2, 0) is 22.8 Å². The van der Waals surface area contributed by atoms with Crippen molar-refractivity contribution >= 4 is 62.9 Å². The van der Waals surface area contributed by atoms with Crippen molar-refractivity contribution in [2.75, 3.05) is 14.7 Å². The maximum Gasteiger partial charge on any atom is 0.252 e. The molecule has 4 heteroatoms. The standard InChI is InChI=1S/C52H50BN3/c1-33-20-23-36(24-21-33)54-44-25-22-34(2)30-42(44)53-41-18-13-17-40-48(41)56(51(5)28-12-11-27-49(40,51)3)46-32-37(31-45(54)47(46)53)55-43-19-10-9-16-39(43)50(4)29-26-35-14-7-8-15-38(35)52(50,55)6/h7-10,13-25,30-32H,11-12,26-29H2,1-6H3. The minimum absolute atomic E-state index is 0.0403. The zero-order valence-electron chi connectivity index (χ0n) is 33.7. The fourth-order valence-electron chi connectivity index (χ4n) is 13.2. The molecule has 1 fully saturated rings. The van der Waals surface area contributed by atoms with Gasteiger partial charge in [0.15, 0.2) is 0 Å². The molecule has 0 spiro atoms. The number of benzene rings is 6. The molecule has 0 N–H and O–H groups in total. The van der Waals surface area contributed by atoms with Crippen molar-refractivity contribution in [3.05, 3.63) is 155 Å². The van der Waals surface area contributed by atoms with Crippen molar-refractivity contribution in [1.29, 1.82) is 0 Å². The quantitative estimate of drug-likeness (QED) is 0.164. The van der Waals surface area contributed by atoms with E-state index in [2.05, 4.69) is 178 Å². The van der Waals surface area contributed by atoms with Gasteiger partial charge in [-0.2, -0.15) is 0 Å². The van der Waals surface area contributed by atoms with Gasteiger partial charge in [0, 0.05) is 50.6 Å². The van der Waals surface area contributed by atoms with Crippen LogP contribution in [-0.4, -0.2) is 12.3 Å². The summed E-state index contributed by atoms with van der Waals surface area (Å²) in [5, 5.41) is 0. The Bertz CT molecular complexity index is 2680. The Balaban J connectivity index is 1.22. The monoisotopic (exact) mass is 727 g/mol. The van der Waals surface area contributed by atoms with E-state index in [1.807, 2.05) is 0 Å². The summed E-state index contributed by atoms with van der Waals surface area (Å²) in [6.07, 6.45) is 7.19. The van der Waals surface area contributed by atoms with Crippen LogP contribution in [0.4, 0.5) is 39.8 Å². The van der Waals surface area contributed by atoms with E-state index in [9.17, 15) is 0 Å². The van der Waals surface area contributed by atoms with Crippen LogP contribution in [0.3, 0.4) is 0 Å². The zero-order valence-corrected chi connectivity index (χ0v) is 33.7. The maximum atomic E-state index is 2.89. The molecule has 4 unspecified atom stereocenters. The molecule has 3 nitrogen and oxygen atoms in total. The molecular formula is C52H50BN3. The third-order valence-electron chi connectivity index (χ3n) is 16.3. The zero-order chi connectivity index (χ0) is 37.9. The number of nitrogens with zero attached hydrogens (tertiary/aromatic N) is 3. The number of hydrogen-bond donors (Lipinski definition) is 0. The summed E-state index contributed by atoms with van der Waals surface area (Å²) < 4.78 is 0. The number of para-hydroxylation sites is 2. The summed E-state index contributed by atoms with van der Waals surface area (Å²) in [7, 11) is 0. The lowest BCUT2D eigenvalue weighted by Crippen LogP contribution is -2.64. The SMILES string of the molecule is Cc1ccc(N2c3ccc(C)cc3B3c4cccc5c4N(c4cc(N6c7ccccc7C7(C)CCc8ccccc8C67C)cc2c43)C2(C)CCCCC52C)cc1. The molecule has 6 aromatic rings. The van der Waals surface area contributed by atoms with E-state index in [1.54, 1.807) is 5.56 Å². The van der Waals surface area contributed by atoms with Gasteiger partial charge < -0.3 is 14.7 Å². The second-order valence-electron chi connectivity index (χ2n) is 18.9. The van der Waals surface area contributed by atoms with E-state index < -0.39 is 0 Å². The van der Waals surface area contributed by atoms with Gasteiger partial charge in [-0.05, 0) is 128 Å². The topological polar surface area (TPSA) is 9.72 Å². The van der Waals surface area contributed by atoms with Crippen LogP contribution in [0.15, 0.2) is 121 Å². The molecule has 0 radical (unpaired) electrons. The van der Waals surface area contributed by atoms with Gasteiger partial charge in [-0.3, -0.25) is 0 Å². The Kier molecular flexibility index (Phi) is 6.35. The maximum absolute atomic E-state index is 2.89. The summed E-state index contributed by atoms with van der Waals surface area (Å²) >= 11 is 0. The van der Waals surface area contributed by atoms with Crippen LogP contribution in [0.1, 0.15) is 93.2 Å². The molecule has 6 aliphatic rings. The predicted octanol–water partition coefficient (Wildman–Crippen LogP) is 10.9. The second kappa shape index (κ2) is 10.8. The highest BCUT2D eigenvalue weighted by Gasteiger charge is 2.63. The number of anilines is 7. The normalized spacial score (nSPS) is 27.2. The lowest BCUT2D eigenvalue weighted by atomic mass is 9.33. The van der Waals surface area contributed by atoms with E-state index in [0.717, 1.165) is 12.8 Å². The summed E-state index contributed by atoms with van der Waals surface area (Å²) in [6.45, 7) is 14.9. The fraction of sp³-hybridized carbons (Fsp3) is 0.308. The smallest absolute Gasteiger partial charge is 0.252 e. The molecule has 0 aromatic heterocycles. The third-order valence-corrected chi connectivity index (χ3v) is 16.3. The Morgan fingerprint density at radius 2 is 1.23 bits per heavy atom. The van der Waals surface area contributed by atoms with Gasteiger partial charge in [-0.25, -0.2) is 0 Å². The van der Waals surface area contributed by atoms with Gasteiger partial charge in [-0.1, -0.05) is 123 Å². The summed E-state index contributed by atoms with van der Waals surface area (Å²) in [5.41, 5.74) is 21.9. The Morgan fingerprint density at radius 3 is 2.07 bits per heavy atom. The van der Waals surface area contributed by atoms with Crippen molar-refractivity contribution in [3.63, 3.8) is 0 Å². The molecule has 4 heterocycles. The van der Waals surface area contributed by atoms with Crippen molar-refractivity contribution in [1.82, 2.24) is 0 Å². The first kappa shape index (κ1) is 33.0. The van der Waals surface area contributed by atoms with Crippen molar-refractivity contribution in [2.45, 2.75) is 102 Å². The molecule has 4 atom stereocenters. The van der Waals surface area contributed by atoms with E-state index in [0.29, 0.717) is 0 Å². The molecule has 2 aliphatic carbocycles. The molecule has 12 rings (SSSR count). The highest BCUT2D eigenvalue weighted by Crippen LogP contribution is 2.66. The van der Waals surface area contributed by atoms with E-state index in [1.165, 1.54) is 110 Å². The minimum Gasteiger partial charge on any atom is -0.335 e. The van der Waals surface area contributed by atoms with Gasteiger partial charge in [0.25, 0.3) is 6.71 Å². The van der Waals surface area contributed by atoms with Crippen molar-refractivity contribution in [2.24, 2.45) is 0 Å². The number of aryl methyl sites for hydroxylation is 3. The first-order chi connectivity index (χ1) is 27.1. The van der Waals surface area contributed by atoms with Crippen LogP contribution in [0.5, 0.6) is 0 Å². The molecule has 1 saturated carbocycles.